The minimum atomic E-state index is -1.01. The number of ether oxygens (including phenoxy) is 3. The first kappa shape index (κ1) is 16.6. The molecule has 102 valence electrons. The highest BCUT2D eigenvalue weighted by Gasteiger charge is 2.20. The fraction of sp³-hybridized carbons (Fsp3) is 0.692. The van der Waals surface area contributed by atoms with Crippen LogP contribution < -0.4 is 0 Å². The molecule has 0 heterocycles. The number of rotatable bonds is 6. The third-order valence-corrected chi connectivity index (χ3v) is 1.74. The van der Waals surface area contributed by atoms with Crippen molar-refractivity contribution in [2.24, 2.45) is 0 Å². The molecular weight excluding hydrogens is 236 g/mol. The molecule has 5 heteroatoms. The lowest BCUT2D eigenvalue weighted by molar-refractivity contribution is -0.162. The maximum atomic E-state index is 11.7. The van der Waals surface area contributed by atoms with Crippen LogP contribution in [0.1, 0.15) is 34.6 Å². The molecule has 0 aliphatic rings. The molecule has 0 fully saturated rings. The van der Waals surface area contributed by atoms with Crippen LogP contribution in [0, 0.1) is 11.8 Å². The molecule has 0 amide bonds. The van der Waals surface area contributed by atoms with Crippen LogP contribution in [0.3, 0.4) is 0 Å². The van der Waals surface area contributed by atoms with Crippen molar-refractivity contribution in [1.82, 2.24) is 0 Å². The summed E-state index contributed by atoms with van der Waals surface area (Å²) in [5.41, 5.74) is -1.01. The molecule has 0 rings (SSSR count). The summed E-state index contributed by atoms with van der Waals surface area (Å²) in [6.45, 7) is 8.71. The number of hydrogen-bond acceptors (Lipinski definition) is 5. The van der Waals surface area contributed by atoms with Crippen molar-refractivity contribution in [3.63, 3.8) is 0 Å². The van der Waals surface area contributed by atoms with Gasteiger partial charge in [0.05, 0.1) is 0 Å². The van der Waals surface area contributed by atoms with Gasteiger partial charge in [0.25, 0.3) is 5.78 Å². The minimum absolute atomic E-state index is 0.353. The van der Waals surface area contributed by atoms with Gasteiger partial charge in [0, 0.05) is 20.1 Å². The van der Waals surface area contributed by atoms with E-state index in [4.69, 9.17) is 14.2 Å². The zero-order valence-corrected chi connectivity index (χ0v) is 11.5. The number of ketones is 1. The quantitative estimate of drug-likeness (QED) is 0.310. The van der Waals surface area contributed by atoms with Crippen LogP contribution in [0.5, 0.6) is 0 Å². The maximum Gasteiger partial charge on any atom is 0.304 e. The molecule has 0 aromatic rings. The molecule has 5 nitrogen and oxygen atoms in total. The van der Waals surface area contributed by atoms with E-state index < -0.39 is 23.6 Å². The van der Waals surface area contributed by atoms with Gasteiger partial charge in [-0.05, 0) is 39.5 Å². The van der Waals surface area contributed by atoms with Crippen molar-refractivity contribution in [1.29, 1.82) is 0 Å². The average Bonchev–Trinajstić information content (AvgIpc) is 2.24. The monoisotopic (exact) mass is 256 g/mol. The second-order valence-corrected chi connectivity index (χ2v) is 3.96. The molecule has 0 aliphatic carbocycles. The number of esters is 1. The smallest absolute Gasteiger partial charge is 0.304 e. The Morgan fingerprint density at radius 1 is 1.17 bits per heavy atom. The van der Waals surface area contributed by atoms with E-state index >= 15 is 0 Å². The largest absolute Gasteiger partial charge is 0.447 e. The predicted octanol–water partition coefficient (Wildman–Crippen LogP) is 1.30. The number of hydrogen-bond donors (Lipinski definition) is 0. The summed E-state index contributed by atoms with van der Waals surface area (Å²) in [6.07, 6.45) is -0.986. The lowest BCUT2D eigenvalue weighted by Gasteiger charge is -2.17. The zero-order valence-electron chi connectivity index (χ0n) is 11.5. The van der Waals surface area contributed by atoms with Crippen LogP contribution in [0.25, 0.3) is 0 Å². The Bertz CT molecular complexity index is 342. The van der Waals surface area contributed by atoms with E-state index in [0.29, 0.717) is 13.2 Å². The Kier molecular flexibility index (Phi) is 7.25. The van der Waals surface area contributed by atoms with Gasteiger partial charge in [0.2, 0.25) is 6.29 Å². The summed E-state index contributed by atoms with van der Waals surface area (Å²) >= 11 is 0. The standard InChI is InChI=1S/C13H20O5/c1-6-16-12(17-7-2)11(15)8-9-13(4,5)18-10(3)14/h12H,6-7H2,1-5H3. The maximum absolute atomic E-state index is 11.7. The van der Waals surface area contributed by atoms with E-state index in [1.54, 1.807) is 27.7 Å². The molecule has 0 saturated heterocycles. The summed E-state index contributed by atoms with van der Waals surface area (Å²) < 4.78 is 15.2. The van der Waals surface area contributed by atoms with Gasteiger partial charge in [-0.25, -0.2) is 0 Å². The van der Waals surface area contributed by atoms with Gasteiger partial charge >= 0.3 is 5.97 Å². The normalized spacial score (nSPS) is 10.8. The third-order valence-electron chi connectivity index (χ3n) is 1.74. The molecule has 0 aromatic carbocycles. The third kappa shape index (κ3) is 7.05. The zero-order chi connectivity index (χ0) is 14.2. The Morgan fingerprint density at radius 2 is 1.67 bits per heavy atom. The van der Waals surface area contributed by atoms with E-state index in [1.165, 1.54) is 6.92 Å². The number of carbonyl (C=O) groups is 2. The van der Waals surface area contributed by atoms with Crippen molar-refractivity contribution in [3.05, 3.63) is 0 Å². The van der Waals surface area contributed by atoms with Gasteiger partial charge in [-0.3, -0.25) is 9.59 Å². The first-order valence-electron chi connectivity index (χ1n) is 5.82. The lowest BCUT2D eigenvalue weighted by Crippen LogP contribution is -2.28. The summed E-state index contributed by atoms with van der Waals surface area (Å²) in [6, 6.07) is 0. The topological polar surface area (TPSA) is 61.8 Å². The fourth-order valence-electron chi connectivity index (χ4n) is 1.16. The lowest BCUT2D eigenvalue weighted by atomic mass is 10.1. The van der Waals surface area contributed by atoms with Crippen molar-refractivity contribution >= 4 is 11.8 Å². The van der Waals surface area contributed by atoms with Crippen LogP contribution in [-0.2, 0) is 23.8 Å². The molecule has 0 radical (unpaired) electrons. The predicted molar refractivity (Wildman–Crippen MR) is 65.7 cm³/mol. The Balaban J connectivity index is 4.66. The summed E-state index contributed by atoms with van der Waals surface area (Å²) in [5, 5.41) is 0. The molecule has 0 spiro atoms. The van der Waals surface area contributed by atoms with Crippen molar-refractivity contribution < 1.29 is 23.8 Å². The molecule has 0 N–H and O–H groups in total. The van der Waals surface area contributed by atoms with Gasteiger partial charge in [-0.1, -0.05) is 0 Å². The van der Waals surface area contributed by atoms with Gasteiger partial charge in [0.1, 0.15) is 0 Å². The van der Waals surface area contributed by atoms with Crippen LogP contribution in [0.4, 0.5) is 0 Å². The van der Waals surface area contributed by atoms with Gasteiger partial charge < -0.3 is 14.2 Å². The van der Waals surface area contributed by atoms with E-state index in [-0.39, 0.29) is 0 Å². The Labute approximate surface area is 108 Å². The van der Waals surface area contributed by atoms with Crippen LogP contribution in [0.2, 0.25) is 0 Å². The Morgan fingerprint density at radius 3 is 2.06 bits per heavy atom. The summed E-state index contributed by atoms with van der Waals surface area (Å²) in [7, 11) is 0. The molecule has 0 atom stereocenters. The molecule has 0 aromatic heterocycles. The highest BCUT2D eigenvalue weighted by molar-refractivity contribution is 5.98. The molecule has 0 saturated carbocycles. The molecular formula is C13H20O5. The average molecular weight is 256 g/mol. The second-order valence-electron chi connectivity index (χ2n) is 3.96. The highest BCUT2D eigenvalue weighted by atomic mass is 16.7. The van der Waals surface area contributed by atoms with Crippen LogP contribution >= 0.6 is 0 Å². The first-order chi connectivity index (χ1) is 8.32. The summed E-state index contributed by atoms with van der Waals surface area (Å²) in [5.74, 6) is 4.03. The van der Waals surface area contributed by atoms with Gasteiger partial charge in [0.15, 0.2) is 5.60 Å². The summed E-state index contributed by atoms with van der Waals surface area (Å²) in [4.78, 5) is 22.5. The van der Waals surface area contributed by atoms with E-state index in [9.17, 15) is 9.59 Å². The van der Waals surface area contributed by atoms with Crippen molar-refractivity contribution in [2.45, 2.75) is 46.5 Å². The van der Waals surface area contributed by atoms with E-state index in [1.807, 2.05) is 0 Å². The van der Waals surface area contributed by atoms with Crippen LogP contribution in [-0.4, -0.2) is 36.9 Å². The SMILES string of the molecule is CCOC(OCC)C(=O)C#CC(C)(C)OC(C)=O. The highest BCUT2D eigenvalue weighted by Crippen LogP contribution is 2.07. The minimum Gasteiger partial charge on any atom is -0.447 e. The molecule has 0 bridgehead atoms. The number of carbonyl (C=O) groups excluding carboxylic acids is 2. The van der Waals surface area contributed by atoms with Crippen LogP contribution in [0.15, 0.2) is 0 Å². The molecule has 0 unspecified atom stereocenters. The van der Waals surface area contributed by atoms with Crippen molar-refractivity contribution in [2.75, 3.05) is 13.2 Å². The molecule has 18 heavy (non-hydrogen) atoms. The van der Waals surface area contributed by atoms with E-state index in [0.717, 1.165) is 0 Å². The fourth-order valence-corrected chi connectivity index (χ4v) is 1.16. The van der Waals surface area contributed by atoms with E-state index in [2.05, 4.69) is 11.8 Å². The Hall–Kier alpha value is -1.38. The number of Topliss-reactive ketones (excluding diaryl/α,β-unsaturated/α-hetero) is 1. The molecule has 0 aliphatic heterocycles. The van der Waals surface area contributed by atoms with Crippen molar-refractivity contribution in [3.8, 4) is 11.8 Å². The first-order valence-corrected chi connectivity index (χ1v) is 5.82. The van der Waals surface area contributed by atoms with Gasteiger partial charge in [-0.2, -0.15) is 0 Å². The second kappa shape index (κ2) is 7.85. The van der Waals surface area contributed by atoms with Gasteiger partial charge in [-0.15, -0.1) is 0 Å².